The Kier molecular flexibility index (Phi) is 5.99. The van der Waals surface area contributed by atoms with Crippen LogP contribution < -0.4 is 0 Å². The predicted octanol–water partition coefficient (Wildman–Crippen LogP) is 4.26. The molecule has 0 spiro atoms. The molecule has 92 valence electrons. The van der Waals surface area contributed by atoms with E-state index in [2.05, 4.69) is 40.8 Å². The third-order valence-corrected chi connectivity index (χ3v) is 7.85. The highest BCUT2D eigenvalue weighted by Crippen LogP contribution is 2.37. The molecule has 0 aliphatic rings. The monoisotopic (exact) mass is 239 g/mol. The van der Waals surface area contributed by atoms with Gasteiger partial charge in [-0.3, -0.25) is 0 Å². The lowest BCUT2D eigenvalue weighted by Gasteiger charge is -2.39. The Morgan fingerprint density at radius 1 is 1.38 bits per heavy atom. The number of rotatable bonds is 5. The fourth-order valence-corrected chi connectivity index (χ4v) is 2.61. The van der Waals surface area contributed by atoms with Crippen LogP contribution in [0.2, 0.25) is 18.1 Å². The van der Waals surface area contributed by atoms with E-state index in [1.165, 1.54) is 6.08 Å². The molecule has 0 aliphatic carbocycles. The van der Waals surface area contributed by atoms with Crippen LogP contribution in [0.1, 0.15) is 40.5 Å². The second-order valence-corrected chi connectivity index (χ2v) is 10.4. The van der Waals surface area contributed by atoms with Gasteiger partial charge in [0.15, 0.2) is 8.32 Å². The average molecular weight is 239 g/mol. The van der Waals surface area contributed by atoms with Gasteiger partial charge in [0.25, 0.3) is 0 Å². The Hall–Kier alpha value is -0.593. The van der Waals surface area contributed by atoms with Gasteiger partial charge in [0.05, 0.1) is 6.07 Å². The fourth-order valence-electron chi connectivity index (χ4n) is 1.16. The zero-order valence-electron chi connectivity index (χ0n) is 11.5. The molecule has 3 heteroatoms. The summed E-state index contributed by atoms with van der Waals surface area (Å²) in [5.41, 5.74) is 0. The van der Waals surface area contributed by atoms with Crippen LogP contribution in [-0.4, -0.2) is 14.4 Å². The lowest BCUT2D eigenvalue weighted by Crippen LogP contribution is -2.43. The van der Waals surface area contributed by atoms with Gasteiger partial charge in [-0.15, -0.1) is 0 Å². The second-order valence-electron chi connectivity index (χ2n) is 5.68. The maximum absolute atomic E-state index is 8.44. The van der Waals surface area contributed by atoms with Crippen molar-refractivity contribution in [3.05, 3.63) is 12.2 Å². The Balaban J connectivity index is 4.44. The molecule has 0 N–H and O–H groups in total. The summed E-state index contributed by atoms with van der Waals surface area (Å²) in [5.74, 6) is 0. The van der Waals surface area contributed by atoms with Crippen molar-refractivity contribution in [2.75, 3.05) is 0 Å². The third kappa shape index (κ3) is 4.96. The summed E-state index contributed by atoms with van der Waals surface area (Å²) in [7, 11) is -1.67. The van der Waals surface area contributed by atoms with Crippen molar-refractivity contribution in [2.45, 2.75) is 64.8 Å². The van der Waals surface area contributed by atoms with Gasteiger partial charge in [-0.2, -0.15) is 5.26 Å². The summed E-state index contributed by atoms with van der Waals surface area (Å²) in [4.78, 5) is 0. The molecule has 16 heavy (non-hydrogen) atoms. The molecule has 0 saturated carbocycles. The van der Waals surface area contributed by atoms with Gasteiger partial charge in [-0.1, -0.05) is 33.8 Å². The molecule has 0 saturated heterocycles. The summed E-state index contributed by atoms with van der Waals surface area (Å²) >= 11 is 0. The predicted molar refractivity (Wildman–Crippen MR) is 71.7 cm³/mol. The van der Waals surface area contributed by atoms with Crippen LogP contribution in [0.4, 0.5) is 0 Å². The number of nitrogens with zero attached hydrogens (tertiary/aromatic N) is 1. The van der Waals surface area contributed by atoms with Gasteiger partial charge in [0, 0.05) is 12.2 Å². The molecule has 0 radical (unpaired) electrons. The molecule has 2 nitrogen and oxygen atoms in total. The third-order valence-electron chi connectivity index (χ3n) is 3.31. The normalized spacial score (nSPS) is 15.1. The van der Waals surface area contributed by atoms with Crippen LogP contribution in [0.25, 0.3) is 0 Å². The fraction of sp³-hybridized carbons (Fsp3) is 0.769. The van der Waals surface area contributed by atoms with Crippen molar-refractivity contribution < 1.29 is 4.43 Å². The Morgan fingerprint density at radius 3 is 2.31 bits per heavy atom. The van der Waals surface area contributed by atoms with Gasteiger partial charge >= 0.3 is 0 Å². The van der Waals surface area contributed by atoms with Gasteiger partial charge in [-0.25, -0.2) is 0 Å². The van der Waals surface area contributed by atoms with E-state index in [0.717, 1.165) is 12.8 Å². The van der Waals surface area contributed by atoms with Crippen LogP contribution in [0.5, 0.6) is 0 Å². The SMILES string of the molecule is CC[C@H](CC=CC#N)O[Si](C)(C)C(C)(C)C. The molecule has 0 aromatic rings. The van der Waals surface area contributed by atoms with Crippen molar-refractivity contribution in [1.29, 1.82) is 5.26 Å². The number of hydrogen-bond donors (Lipinski definition) is 0. The lowest BCUT2D eigenvalue weighted by molar-refractivity contribution is 0.179. The zero-order chi connectivity index (χ0) is 12.8. The Labute approximate surface area is 101 Å². The molecular formula is C13H25NOSi. The highest BCUT2D eigenvalue weighted by molar-refractivity contribution is 6.74. The van der Waals surface area contributed by atoms with Crippen molar-refractivity contribution in [1.82, 2.24) is 0 Å². The van der Waals surface area contributed by atoms with Crippen LogP contribution in [0.15, 0.2) is 12.2 Å². The van der Waals surface area contributed by atoms with E-state index in [4.69, 9.17) is 9.69 Å². The molecule has 0 aromatic heterocycles. The van der Waals surface area contributed by atoms with E-state index in [-0.39, 0.29) is 11.1 Å². The van der Waals surface area contributed by atoms with Crippen LogP contribution >= 0.6 is 0 Å². The molecule has 0 rings (SSSR count). The maximum Gasteiger partial charge on any atom is 0.192 e. The molecule has 1 atom stereocenters. The van der Waals surface area contributed by atoms with Gasteiger partial charge in [0.2, 0.25) is 0 Å². The molecule has 0 bridgehead atoms. The molecule has 0 aromatic carbocycles. The standard InChI is InChI=1S/C13H25NOSi/c1-7-12(10-8-9-11-14)15-16(5,6)13(2,3)4/h8-9,12H,7,10H2,1-6H3/t12-/m1/s1. The largest absolute Gasteiger partial charge is 0.414 e. The minimum Gasteiger partial charge on any atom is -0.414 e. The number of nitriles is 1. The van der Waals surface area contributed by atoms with Crippen molar-refractivity contribution >= 4 is 8.32 Å². The first-order valence-electron chi connectivity index (χ1n) is 5.97. The minimum absolute atomic E-state index is 0.249. The van der Waals surface area contributed by atoms with E-state index in [9.17, 15) is 0 Å². The van der Waals surface area contributed by atoms with E-state index in [1.54, 1.807) is 0 Å². The van der Waals surface area contributed by atoms with Gasteiger partial charge in [0.1, 0.15) is 0 Å². The number of hydrogen-bond acceptors (Lipinski definition) is 2. The van der Waals surface area contributed by atoms with E-state index < -0.39 is 8.32 Å². The van der Waals surface area contributed by atoms with E-state index in [0.29, 0.717) is 0 Å². The maximum atomic E-state index is 8.44. The molecule has 0 heterocycles. The Morgan fingerprint density at radius 2 is 1.94 bits per heavy atom. The van der Waals surface area contributed by atoms with E-state index in [1.807, 2.05) is 12.1 Å². The smallest absolute Gasteiger partial charge is 0.192 e. The zero-order valence-corrected chi connectivity index (χ0v) is 12.5. The minimum atomic E-state index is -1.67. The van der Waals surface area contributed by atoms with Crippen molar-refractivity contribution in [3.8, 4) is 6.07 Å². The van der Waals surface area contributed by atoms with Crippen LogP contribution in [-0.2, 0) is 4.43 Å². The summed E-state index contributed by atoms with van der Waals surface area (Å²) < 4.78 is 6.28. The van der Waals surface area contributed by atoms with Crippen molar-refractivity contribution in [3.63, 3.8) is 0 Å². The summed E-state index contributed by atoms with van der Waals surface area (Å²) in [6.07, 6.45) is 5.54. The first kappa shape index (κ1) is 15.4. The van der Waals surface area contributed by atoms with E-state index >= 15 is 0 Å². The first-order chi connectivity index (χ1) is 7.24. The molecule has 0 amide bonds. The first-order valence-corrected chi connectivity index (χ1v) is 8.88. The molecular weight excluding hydrogens is 214 g/mol. The van der Waals surface area contributed by atoms with Gasteiger partial charge in [-0.05, 0) is 31.0 Å². The molecule has 0 fully saturated rings. The highest BCUT2D eigenvalue weighted by Gasteiger charge is 2.38. The van der Waals surface area contributed by atoms with Crippen LogP contribution in [0, 0.1) is 11.3 Å². The molecule has 0 aliphatic heterocycles. The average Bonchev–Trinajstić information content (AvgIpc) is 2.14. The second kappa shape index (κ2) is 6.22. The molecule has 0 unspecified atom stereocenters. The number of allylic oxidation sites excluding steroid dienone is 1. The summed E-state index contributed by atoms with van der Waals surface area (Å²) in [5, 5.41) is 8.69. The van der Waals surface area contributed by atoms with Gasteiger partial charge < -0.3 is 4.43 Å². The van der Waals surface area contributed by atoms with Crippen molar-refractivity contribution in [2.24, 2.45) is 0 Å². The highest BCUT2D eigenvalue weighted by atomic mass is 28.4. The topological polar surface area (TPSA) is 33.0 Å². The quantitative estimate of drug-likeness (QED) is 0.530. The Bertz CT molecular complexity index is 271. The summed E-state index contributed by atoms with van der Waals surface area (Å²) in [6.45, 7) is 13.4. The van der Waals surface area contributed by atoms with Crippen LogP contribution in [0.3, 0.4) is 0 Å². The lowest BCUT2D eigenvalue weighted by atomic mass is 10.2. The summed E-state index contributed by atoms with van der Waals surface area (Å²) in [6, 6.07) is 2.02.